The van der Waals surface area contributed by atoms with Gasteiger partial charge in [-0.05, 0) is 19.1 Å². The van der Waals surface area contributed by atoms with Gasteiger partial charge in [0.1, 0.15) is 0 Å². The van der Waals surface area contributed by atoms with Crippen LogP contribution in [0, 0.1) is 0 Å². The SMILES string of the molecule is CC(Cl)C(=O)c1cccn1C. The molecule has 0 aliphatic rings. The maximum atomic E-state index is 11.3. The molecular weight excluding hydrogens is 162 g/mol. The molecule has 0 spiro atoms. The Morgan fingerprint density at radius 3 is 2.73 bits per heavy atom. The zero-order valence-corrected chi connectivity index (χ0v) is 7.30. The second-order valence-electron chi connectivity index (χ2n) is 2.48. The van der Waals surface area contributed by atoms with Gasteiger partial charge in [0.15, 0.2) is 5.78 Å². The Labute approximate surface area is 70.8 Å². The summed E-state index contributed by atoms with van der Waals surface area (Å²) >= 11 is 5.63. The molecule has 0 saturated heterocycles. The number of ketones is 1. The van der Waals surface area contributed by atoms with Crippen molar-refractivity contribution in [1.82, 2.24) is 4.57 Å². The smallest absolute Gasteiger partial charge is 0.196 e. The summed E-state index contributed by atoms with van der Waals surface area (Å²) in [5.74, 6) is -0.0285. The lowest BCUT2D eigenvalue weighted by Crippen LogP contribution is -2.13. The summed E-state index contributed by atoms with van der Waals surface area (Å²) in [5.41, 5.74) is 0.660. The van der Waals surface area contributed by atoms with Gasteiger partial charge < -0.3 is 4.57 Å². The van der Waals surface area contributed by atoms with Crippen molar-refractivity contribution in [3.63, 3.8) is 0 Å². The average molecular weight is 172 g/mol. The summed E-state index contributed by atoms with van der Waals surface area (Å²) in [4.78, 5) is 11.3. The van der Waals surface area contributed by atoms with Crippen LogP contribution >= 0.6 is 11.6 Å². The van der Waals surface area contributed by atoms with Gasteiger partial charge >= 0.3 is 0 Å². The molecule has 0 aromatic carbocycles. The van der Waals surface area contributed by atoms with Crippen molar-refractivity contribution >= 4 is 17.4 Å². The maximum Gasteiger partial charge on any atom is 0.196 e. The van der Waals surface area contributed by atoms with Crippen LogP contribution in [0.3, 0.4) is 0 Å². The van der Waals surface area contributed by atoms with Gasteiger partial charge in [0.25, 0.3) is 0 Å². The van der Waals surface area contributed by atoms with E-state index in [-0.39, 0.29) is 5.78 Å². The van der Waals surface area contributed by atoms with Crippen molar-refractivity contribution < 1.29 is 4.79 Å². The van der Waals surface area contributed by atoms with Crippen molar-refractivity contribution in [3.05, 3.63) is 24.0 Å². The minimum absolute atomic E-state index is 0.0285. The standard InChI is InChI=1S/C8H10ClNO/c1-6(9)8(11)7-4-3-5-10(7)2/h3-6H,1-2H3. The summed E-state index contributed by atoms with van der Waals surface area (Å²) in [7, 11) is 1.83. The molecule has 0 amide bonds. The Bertz CT molecular complexity index is 265. The van der Waals surface area contributed by atoms with Crippen LogP contribution in [0.4, 0.5) is 0 Å². The van der Waals surface area contributed by atoms with Crippen LogP contribution in [0.1, 0.15) is 17.4 Å². The molecule has 1 aromatic heterocycles. The van der Waals surface area contributed by atoms with Gasteiger partial charge in [0.05, 0.1) is 11.1 Å². The number of alkyl halides is 1. The Hall–Kier alpha value is -0.760. The first-order valence-electron chi connectivity index (χ1n) is 3.42. The van der Waals surface area contributed by atoms with Gasteiger partial charge in [0.2, 0.25) is 0 Å². The molecule has 2 nitrogen and oxygen atoms in total. The van der Waals surface area contributed by atoms with Gasteiger partial charge in [-0.2, -0.15) is 0 Å². The fraction of sp³-hybridized carbons (Fsp3) is 0.375. The number of hydrogen-bond acceptors (Lipinski definition) is 1. The molecule has 0 radical (unpaired) electrons. The highest BCUT2D eigenvalue weighted by atomic mass is 35.5. The molecule has 1 heterocycles. The lowest BCUT2D eigenvalue weighted by atomic mass is 10.2. The highest BCUT2D eigenvalue weighted by molar-refractivity contribution is 6.33. The monoisotopic (exact) mass is 171 g/mol. The molecule has 0 N–H and O–H groups in total. The average Bonchev–Trinajstić information content (AvgIpc) is 2.33. The Morgan fingerprint density at radius 1 is 1.73 bits per heavy atom. The van der Waals surface area contributed by atoms with Gasteiger partial charge in [-0.15, -0.1) is 11.6 Å². The van der Waals surface area contributed by atoms with Crippen molar-refractivity contribution in [2.24, 2.45) is 7.05 Å². The number of nitrogens with zero attached hydrogens (tertiary/aromatic N) is 1. The van der Waals surface area contributed by atoms with E-state index in [1.54, 1.807) is 17.6 Å². The number of Topliss-reactive ketones (excluding diaryl/α,β-unsaturated/α-hetero) is 1. The van der Waals surface area contributed by atoms with E-state index in [1.165, 1.54) is 0 Å². The molecule has 1 atom stereocenters. The van der Waals surface area contributed by atoms with E-state index in [0.29, 0.717) is 5.69 Å². The third kappa shape index (κ3) is 1.63. The quantitative estimate of drug-likeness (QED) is 0.492. The van der Waals surface area contributed by atoms with Gasteiger partial charge in [-0.25, -0.2) is 0 Å². The van der Waals surface area contributed by atoms with Crippen LogP contribution < -0.4 is 0 Å². The largest absolute Gasteiger partial charge is 0.348 e. The van der Waals surface area contributed by atoms with Crippen molar-refractivity contribution in [2.45, 2.75) is 12.3 Å². The lowest BCUT2D eigenvalue weighted by molar-refractivity contribution is 0.0984. The Balaban J connectivity index is 2.93. The summed E-state index contributed by atoms with van der Waals surface area (Å²) in [6, 6.07) is 3.59. The second-order valence-corrected chi connectivity index (χ2v) is 3.14. The number of carbonyl (C=O) groups is 1. The predicted octanol–water partition coefficient (Wildman–Crippen LogP) is 1.84. The minimum Gasteiger partial charge on any atom is -0.348 e. The number of hydrogen-bond donors (Lipinski definition) is 0. The van der Waals surface area contributed by atoms with Crippen LogP contribution in [-0.2, 0) is 7.05 Å². The van der Waals surface area contributed by atoms with E-state index in [4.69, 9.17) is 11.6 Å². The number of carbonyl (C=O) groups excluding carboxylic acids is 1. The number of rotatable bonds is 2. The highest BCUT2D eigenvalue weighted by Crippen LogP contribution is 2.07. The number of aromatic nitrogens is 1. The fourth-order valence-corrected chi connectivity index (χ4v) is 1.03. The highest BCUT2D eigenvalue weighted by Gasteiger charge is 2.13. The molecular formula is C8H10ClNO. The molecule has 1 rings (SSSR count). The zero-order chi connectivity index (χ0) is 8.43. The first kappa shape index (κ1) is 8.34. The maximum absolute atomic E-state index is 11.3. The molecule has 3 heteroatoms. The molecule has 11 heavy (non-hydrogen) atoms. The van der Waals surface area contributed by atoms with Crippen LogP contribution in [0.15, 0.2) is 18.3 Å². The normalized spacial score (nSPS) is 13.0. The Morgan fingerprint density at radius 2 is 2.36 bits per heavy atom. The molecule has 0 saturated carbocycles. The number of halogens is 1. The van der Waals surface area contributed by atoms with Crippen molar-refractivity contribution in [2.75, 3.05) is 0 Å². The summed E-state index contributed by atoms with van der Waals surface area (Å²) in [6.07, 6.45) is 1.83. The molecule has 0 aliphatic carbocycles. The van der Waals surface area contributed by atoms with Gasteiger partial charge in [0, 0.05) is 13.2 Å². The topological polar surface area (TPSA) is 22.0 Å². The van der Waals surface area contributed by atoms with E-state index < -0.39 is 5.38 Å². The van der Waals surface area contributed by atoms with E-state index >= 15 is 0 Å². The third-order valence-electron chi connectivity index (χ3n) is 1.56. The van der Waals surface area contributed by atoms with E-state index in [2.05, 4.69) is 0 Å². The molecule has 1 aromatic rings. The van der Waals surface area contributed by atoms with E-state index in [0.717, 1.165) is 0 Å². The van der Waals surface area contributed by atoms with E-state index in [9.17, 15) is 4.79 Å². The molecule has 0 aliphatic heterocycles. The molecule has 60 valence electrons. The zero-order valence-electron chi connectivity index (χ0n) is 6.54. The summed E-state index contributed by atoms with van der Waals surface area (Å²) in [5, 5.41) is -0.441. The number of aryl methyl sites for hydroxylation is 1. The second kappa shape index (κ2) is 3.09. The van der Waals surface area contributed by atoms with Crippen molar-refractivity contribution in [3.8, 4) is 0 Å². The van der Waals surface area contributed by atoms with Crippen LogP contribution in [-0.4, -0.2) is 15.7 Å². The van der Waals surface area contributed by atoms with Crippen LogP contribution in [0.25, 0.3) is 0 Å². The van der Waals surface area contributed by atoms with E-state index in [1.807, 2.05) is 19.3 Å². The molecule has 0 fully saturated rings. The summed E-state index contributed by atoms with van der Waals surface area (Å²) < 4.78 is 1.77. The van der Waals surface area contributed by atoms with Gasteiger partial charge in [-0.1, -0.05) is 0 Å². The lowest BCUT2D eigenvalue weighted by Gasteiger charge is -2.02. The van der Waals surface area contributed by atoms with Gasteiger partial charge in [-0.3, -0.25) is 4.79 Å². The van der Waals surface area contributed by atoms with Crippen LogP contribution in [0.5, 0.6) is 0 Å². The predicted molar refractivity (Wildman–Crippen MR) is 45.1 cm³/mol. The first-order chi connectivity index (χ1) is 5.13. The van der Waals surface area contributed by atoms with Crippen LogP contribution in [0.2, 0.25) is 0 Å². The minimum atomic E-state index is -0.441. The fourth-order valence-electron chi connectivity index (χ4n) is 0.921. The Kier molecular flexibility index (Phi) is 2.35. The summed E-state index contributed by atoms with van der Waals surface area (Å²) in [6.45, 7) is 1.68. The third-order valence-corrected chi connectivity index (χ3v) is 1.76. The first-order valence-corrected chi connectivity index (χ1v) is 3.86. The molecule has 0 bridgehead atoms. The van der Waals surface area contributed by atoms with Crippen molar-refractivity contribution in [1.29, 1.82) is 0 Å². The molecule has 1 unspecified atom stereocenters.